The number of rotatable bonds is 2. The van der Waals surface area contributed by atoms with Crippen LogP contribution in [0.3, 0.4) is 0 Å². The molecule has 0 radical (unpaired) electrons. The Bertz CT molecular complexity index is 453. The molecule has 1 aliphatic heterocycles. The lowest BCUT2D eigenvalue weighted by molar-refractivity contribution is -0.131. The van der Waals surface area contributed by atoms with Crippen LogP contribution < -0.4 is 5.32 Å². The molecule has 1 fully saturated rings. The lowest BCUT2D eigenvalue weighted by Crippen LogP contribution is -2.40. The van der Waals surface area contributed by atoms with E-state index in [2.05, 4.69) is 5.32 Å². The zero-order chi connectivity index (χ0) is 12.4. The van der Waals surface area contributed by atoms with Crippen LogP contribution in [0.1, 0.15) is 17.2 Å². The molecular weight excluding hydrogens is 268 g/mol. The molecule has 1 heterocycles. The van der Waals surface area contributed by atoms with E-state index in [1.807, 2.05) is 0 Å². The van der Waals surface area contributed by atoms with E-state index in [0.717, 1.165) is 0 Å². The molecule has 92 valence electrons. The van der Waals surface area contributed by atoms with Gasteiger partial charge in [-0.2, -0.15) is 0 Å². The molecule has 1 saturated heterocycles. The molecule has 6 heteroatoms. The van der Waals surface area contributed by atoms with Gasteiger partial charge in [0.05, 0.1) is 12.6 Å². The maximum atomic E-state index is 13.3. The van der Waals surface area contributed by atoms with Gasteiger partial charge < -0.3 is 10.1 Å². The van der Waals surface area contributed by atoms with Crippen molar-refractivity contribution in [1.82, 2.24) is 5.32 Å². The fourth-order valence-corrected chi connectivity index (χ4v) is 2.44. The SMILES string of the molecule is O=C1COCC(c2cc(F)cc(Cl)c2CCl)N1. The van der Waals surface area contributed by atoms with E-state index in [1.165, 1.54) is 12.1 Å². The van der Waals surface area contributed by atoms with Gasteiger partial charge in [0.2, 0.25) is 5.91 Å². The third-order valence-corrected chi connectivity index (χ3v) is 3.16. The first-order valence-electron chi connectivity index (χ1n) is 5.02. The van der Waals surface area contributed by atoms with Crippen LogP contribution in [0.25, 0.3) is 0 Å². The van der Waals surface area contributed by atoms with E-state index in [0.29, 0.717) is 11.1 Å². The predicted octanol–water partition coefficient (Wildman–Crippen LogP) is 2.41. The Kier molecular flexibility index (Phi) is 3.86. The lowest BCUT2D eigenvalue weighted by Gasteiger charge is -2.25. The summed E-state index contributed by atoms with van der Waals surface area (Å²) in [7, 11) is 0. The third-order valence-electron chi connectivity index (χ3n) is 2.56. The molecule has 1 N–H and O–H groups in total. The Morgan fingerprint density at radius 2 is 2.29 bits per heavy atom. The van der Waals surface area contributed by atoms with Gasteiger partial charge in [-0.15, -0.1) is 11.6 Å². The van der Waals surface area contributed by atoms with E-state index >= 15 is 0 Å². The molecule has 1 unspecified atom stereocenters. The van der Waals surface area contributed by atoms with Gasteiger partial charge in [-0.05, 0) is 23.3 Å². The summed E-state index contributed by atoms with van der Waals surface area (Å²) in [5, 5.41) is 2.97. The summed E-state index contributed by atoms with van der Waals surface area (Å²) < 4.78 is 18.4. The minimum atomic E-state index is -0.460. The fraction of sp³-hybridized carbons (Fsp3) is 0.364. The van der Waals surface area contributed by atoms with Gasteiger partial charge in [0.15, 0.2) is 0 Å². The number of amides is 1. The maximum Gasteiger partial charge on any atom is 0.246 e. The highest BCUT2D eigenvalue weighted by Crippen LogP contribution is 2.29. The minimum absolute atomic E-state index is 0.0236. The van der Waals surface area contributed by atoms with Crippen LogP contribution in [0, 0.1) is 5.82 Å². The molecule has 1 amide bonds. The zero-order valence-electron chi connectivity index (χ0n) is 8.80. The van der Waals surface area contributed by atoms with Gasteiger partial charge in [-0.25, -0.2) is 4.39 Å². The Labute approximate surface area is 108 Å². The number of carbonyl (C=O) groups excluding carboxylic acids is 1. The summed E-state index contributed by atoms with van der Waals surface area (Å²) in [4.78, 5) is 11.2. The molecule has 0 spiro atoms. The van der Waals surface area contributed by atoms with Crippen molar-refractivity contribution in [2.75, 3.05) is 13.2 Å². The summed E-state index contributed by atoms with van der Waals surface area (Å²) in [5.41, 5.74) is 1.18. The highest BCUT2D eigenvalue weighted by atomic mass is 35.5. The predicted molar refractivity (Wildman–Crippen MR) is 62.7 cm³/mol. The Hall–Kier alpha value is -0.840. The van der Waals surface area contributed by atoms with Gasteiger partial charge in [-0.1, -0.05) is 11.6 Å². The normalized spacial score (nSPS) is 20.2. The number of benzene rings is 1. The van der Waals surface area contributed by atoms with Gasteiger partial charge in [-0.3, -0.25) is 4.79 Å². The first-order valence-corrected chi connectivity index (χ1v) is 5.94. The summed E-state index contributed by atoms with van der Waals surface area (Å²) >= 11 is 11.7. The van der Waals surface area contributed by atoms with Gasteiger partial charge in [0.25, 0.3) is 0 Å². The second kappa shape index (κ2) is 5.21. The molecule has 0 aromatic heterocycles. The number of nitrogens with one attached hydrogen (secondary N) is 1. The number of alkyl halides is 1. The van der Waals surface area contributed by atoms with Crippen LogP contribution in [0.2, 0.25) is 5.02 Å². The molecular formula is C11H10Cl2FNO2. The van der Waals surface area contributed by atoms with E-state index in [1.54, 1.807) is 0 Å². The van der Waals surface area contributed by atoms with E-state index in [9.17, 15) is 9.18 Å². The zero-order valence-corrected chi connectivity index (χ0v) is 10.3. The smallest absolute Gasteiger partial charge is 0.246 e. The third kappa shape index (κ3) is 2.70. The standard InChI is InChI=1S/C11H10Cl2FNO2/c12-3-8-7(1-6(14)2-9(8)13)10-4-17-5-11(16)15-10/h1-2,10H,3-5H2,(H,15,16). The quantitative estimate of drug-likeness (QED) is 0.844. The van der Waals surface area contributed by atoms with E-state index in [-0.39, 0.29) is 30.0 Å². The molecule has 17 heavy (non-hydrogen) atoms. The van der Waals surface area contributed by atoms with Crippen molar-refractivity contribution in [2.45, 2.75) is 11.9 Å². The molecule has 1 aromatic carbocycles. The van der Waals surface area contributed by atoms with Crippen molar-refractivity contribution in [2.24, 2.45) is 0 Å². The average Bonchev–Trinajstić information content (AvgIpc) is 2.28. The van der Waals surface area contributed by atoms with E-state index in [4.69, 9.17) is 27.9 Å². The second-order valence-electron chi connectivity index (χ2n) is 3.72. The van der Waals surface area contributed by atoms with Crippen LogP contribution >= 0.6 is 23.2 Å². The highest BCUT2D eigenvalue weighted by molar-refractivity contribution is 6.32. The van der Waals surface area contributed by atoms with Crippen LogP contribution in [0.15, 0.2) is 12.1 Å². The first-order chi connectivity index (χ1) is 8.11. The maximum absolute atomic E-state index is 13.3. The van der Waals surface area contributed by atoms with Crippen LogP contribution in [0.5, 0.6) is 0 Å². The van der Waals surface area contributed by atoms with Crippen molar-refractivity contribution >= 4 is 29.1 Å². The largest absolute Gasteiger partial charge is 0.369 e. The molecule has 1 aromatic rings. The summed E-state index contributed by atoms with van der Waals surface area (Å²) in [6, 6.07) is 2.12. The molecule has 1 atom stereocenters. The van der Waals surface area contributed by atoms with Crippen LogP contribution in [-0.4, -0.2) is 19.1 Å². The Morgan fingerprint density at radius 3 is 2.94 bits per heavy atom. The molecule has 1 aliphatic rings. The summed E-state index contributed by atoms with van der Waals surface area (Å²) in [6.45, 7) is 0.311. The van der Waals surface area contributed by atoms with Crippen molar-refractivity contribution < 1.29 is 13.9 Å². The van der Waals surface area contributed by atoms with Crippen LogP contribution in [-0.2, 0) is 15.4 Å². The minimum Gasteiger partial charge on any atom is -0.369 e. The average molecular weight is 278 g/mol. The topological polar surface area (TPSA) is 38.3 Å². The molecule has 2 rings (SSSR count). The number of carbonyl (C=O) groups is 1. The van der Waals surface area contributed by atoms with Crippen molar-refractivity contribution in [3.8, 4) is 0 Å². The number of hydrogen-bond donors (Lipinski definition) is 1. The second-order valence-corrected chi connectivity index (χ2v) is 4.40. The summed E-state index contributed by atoms with van der Waals surface area (Å²) in [6.07, 6.45) is 0. The molecule has 0 bridgehead atoms. The number of ether oxygens (including phenoxy) is 1. The number of halogens is 3. The van der Waals surface area contributed by atoms with Gasteiger partial charge in [0.1, 0.15) is 12.4 Å². The van der Waals surface area contributed by atoms with Gasteiger partial charge >= 0.3 is 0 Å². The van der Waals surface area contributed by atoms with Crippen LogP contribution in [0.4, 0.5) is 4.39 Å². The Morgan fingerprint density at radius 1 is 1.53 bits per heavy atom. The van der Waals surface area contributed by atoms with Crippen molar-refractivity contribution in [3.63, 3.8) is 0 Å². The molecule has 0 saturated carbocycles. The molecule has 0 aliphatic carbocycles. The van der Waals surface area contributed by atoms with E-state index < -0.39 is 11.9 Å². The molecule has 3 nitrogen and oxygen atoms in total. The monoisotopic (exact) mass is 277 g/mol. The first kappa shape index (κ1) is 12.6. The lowest BCUT2D eigenvalue weighted by atomic mass is 10.0. The Balaban J connectivity index is 2.39. The number of morpholine rings is 1. The summed E-state index contributed by atoms with van der Waals surface area (Å²) in [5.74, 6) is -0.540. The highest BCUT2D eigenvalue weighted by Gasteiger charge is 2.24. The fourth-order valence-electron chi connectivity index (χ4n) is 1.79. The number of hydrogen-bond acceptors (Lipinski definition) is 2. The van der Waals surface area contributed by atoms with Gasteiger partial charge in [0, 0.05) is 10.9 Å². The van der Waals surface area contributed by atoms with Crippen molar-refractivity contribution in [1.29, 1.82) is 0 Å². The van der Waals surface area contributed by atoms with Crippen molar-refractivity contribution in [3.05, 3.63) is 34.1 Å².